The minimum Gasteiger partial charge on any atom is -0.493 e. The number of aromatic nitrogens is 3. The fourth-order valence-electron chi connectivity index (χ4n) is 2.52. The summed E-state index contributed by atoms with van der Waals surface area (Å²) < 4.78 is 14.8. The monoisotopic (exact) mass is 363 g/mol. The fourth-order valence-corrected chi connectivity index (χ4v) is 2.63. The number of nitrogens with zero attached hydrogens (tertiary/aromatic N) is 3. The van der Waals surface area contributed by atoms with Crippen LogP contribution in [0.15, 0.2) is 24.3 Å². The average molecular weight is 364 g/mol. The summed E-state index contributed by atoms with van der Waals surface area (Å²) in [6, 6.07) is 5.76. The molecular formula is C17H15ClFN3O3. The number of halogens is 2. The average Bonchev–Trinajstić information content (AvgIpc) is 2.98. The van der Waals surface area contributed by atoms with Crippen LogP contribution in [0.3, 0.4) is 0 Å². The first-order valence-electron chi connectivity index (χ1n) is 7.56. The van der Waals surface area contributed by atoms with E-state index in [-0.39, 0.29) is 40.1 Å². The maximum absolute atomic E-state index is 13.6. The van der Waals surface area contributed by atoms with Crippen molar-refractivity contribution in [2.45, 2.75) is 26.2 Å². The van der Waals surface area contributed by atoms with Crippen molar-refractivity contribution in [3.8, 4) is 5.88 Å². The molecule has 1 aromatic carbocycles. The Hall–Kier alpha value is -2.67. The molecule has 0 aliphatic carbocycles. The number of hydrogen-bond acceptors (Lipinski definition) is 4. The second-order valence-electron chi connectivity index (χ2n) is 5.99. The molecular weight excluding hydrogens is 349 g/mol. The molecule has 0 bridgehead atoms. The first-order chi connectivity index (χ1) is 11.8. The number of aromatic carboxylic acids is 1. The smallest absolute Gasteiger partial charge is 0.355 e. The van der Waals surface area contributed by atoms with E-state index >= 15 is 0 Å². The van der Waals surface area contributed by atoms with E-state index in [2.05, 4.69) is 10.1 Å². The van der Waals surface area contributed by atoms with Crippen LogP contribution in [0.2, 0.25) is 5.02 Å². The van der Waals surface area contributed by atoms with E-state index in [9.17, 15) is 19.4 Å². The van der Waals surface area contributed by atoms with E-state index < -0.39 is 11.8 Å². The van der Waals surface area contributed by atoms with Gasteiger partial charge in [-0.1, -0.05) is 31.5 Å². The van der Waals surface area contributed by atoms with Gasteiger partial charge in [0.15, 0.2) is 11.3 Å². The first kappa shape index (κ1) is 17.2. The van der Waals surface area contributed by atoms with Crippen LogP contribution in [0.4, 0.5) is 4.39 Å². The molecule has 8 heteroatoms. The lowest BCUT2D eigenvalue weighted by molar-refractivity contribution is 0.0688. The molecule has 130 valence electrons. The van der Waals surface area contributed by atoms with Crippen molar-refractivity contribution in [2.24, 2.45) is 0 Å². The van der Waals surface area contributed by atoms with Crippen molar-refractivity contribution in [3.63, 3.8) is 0 Å². The largest absolute Gasteiger partial charge is 0.493 e. The van der Waals surface area contributed by atoms with Crippen molar-refractivity contribution >= 4 is 23.2 Å². The summed E-state index contributed by atoms with van der Waals surface area (Å²) in [6.07, 6.45) is -0.0264. The summed E-state index contributed by atoms with van der Waals surface area (Å²) in [5, 5.41) is 24.2. The van der Waals surface area contributed by atoms with Gasteiger partial charge in [-0.15, -0.1) is 0 Å². The van der Waals surface area contributed by atoms with Crippen molar-refractivity contribution in [2.75, 3.05) is 0 Å². The summed E-state index contributed by atoms with van der Waals surface area (Å²) >= 11 is 5.66. The Labute approximate surface area is 147 Å². The van der Waals surface area contributed by atoms with Gasteiger partial charge in [-0.2, -0.15) is 9.61 Å². The summed E-state index contributed by atoms with van der Waals surface area (Å²) in [5.41, 5.74) is 1.13. The molecule has 0 saturated carbocycles. The third kappa shape index (κ3) is 3.15. The van der Waals surface area contributed by atoms with Gasteiger partial charge in [0.1, 0.15) is 5.82 Å². The molecule has 2 heterocycles. The van der Waals surface area contributed by atoms with E-state index in [1.54, 1.807) is 12.1 Å². The lowest BCUT2D eigenvalue weighted by Gasteiger charge is -2.10. The lowest BCUT2D eigenvalue weighted by Crippen LogP contribution is -2.10. The van der Waals surface area contributed by atoms with Crippen LogP contribution < -0.4 is 0 Å². The number of benzene rings is 1. The first-order valence-corrected chi connectivity index (χ1v) is 7.94. The molecule has 6 nitrogen and oxygen atoms in total. The third-order valence-corrected chi connectivity index (χ3v) is 4.16. The van der Waals surface area contributed by atoms with Crippen LogP contribution in [0, 0.1) is 5.82 Å². The lowest BCUT2D eigenvalue weighted by atomic mass is 10.0. The number of carbonyl (C=O) groups is 1. The summed E-state index contributed by atoms with van der Waals surface area (Å²) in [4.78, 5) is 15.7. The van der Waals surface area contributed by atoms with Gasteiger partial charge in [0, 0.05) is 12.5 Å². The topological polar surface area (TPSA) is 87.7 Å². The van der Waals surface area contributed by atoms with Gasteiger partial charge in [0.05, 0.1) is 16.3 Å². The molecule has 0 saturated heterocycles. The quantitative estimate of drug-likeness (QED) is 0.738. The molecule has 0 fully saturated rings. The Morgan fingerprint density at radius 2 is 2.08 bits per heavy atom. The van der Waals surface area contributed by atoms with Gasteiger partial charge >= 0.3 is 5.97 Å². The molecule has 2 aromatic heterocycles. The van der Waals surface area contributed by atoms with E-state index in [4.69, 9.17) is 11.6 Å². The highest BCUT2D eigenvalue weighted by Gasteiger charge is 2.22. The highest BCUT2D eigenvalue weighted by atomic mass is 35.5. The van der Waals surface area contributed by atoms with Crippen molar-refractivity contribution in [3.05, 3.63) is 57.6 Å². The van der Waals surface area contributed by atoms with Gasteiger partial charge in [-0.3, -0.25) is 0 Å². The molecule has 0 radical (unpaired) electrons. The predicted octanol–water partition coefficient (Wildman–Crippen LogP) is 3.64. The van der Waals surface area contributed by atoms with Gasteiger partial charge in [-0.05, 0) is 23.6 Å². The molecule has 0 aliphatic heterocycles. The van der Waals surface area contributed by atoms with E-state index in [0.717, 1.165) is 0 Å². The summed E-state index contributed by atoms with van der Waals surface area (Å²) in [6.45, 7) is 3.85. The molecule has 25 heavy (non-hydrogen) atoms. The van der Waals surface area contributed by atoms with E-state index in [1.165, 1.54) is 16.6 Å². The van der Waals surface area contributed by atoms with Crippen LogP contribution in [0.5, 0.6) is 5.88 Å². The van der Waals surface area contributed by atoms with Crippen molar-refractivity contribution < 1.29 is 19.4 Å². The Balaban J connectivity index is 2.17. The molecule has 0 unspecified atom stereocenters. The van der Waals surface area contributed by atoms with E-state index in [1.807, 2.05) is 13.8 Å². The highest BCUT2D eigenvalue weighted by Crippen LogP contribution is 2.27. The minimum atomic E-state index is -1.28. The number of aromatic hydroxyl groups is 1. The molecule has 0 amide bonds. The summed E-state index contributed by atoms with van der Waals surface area (Å²) in [5.74, 6) is -2.15. The van der Waals surface area contributed by atoms with Crippen LogP contribution in [-0.4, -0.2) is 30.8 Å². The number of rotatable bonds is 4. The number of carboxylic acid groups (broad SMARTS) is 1. The van der Waals surface area contributed by atoms with Crippen molar-refractivity contribution in [1.29, 1.82) is 0 Å². The molecule has 3 rings (SSSR count). The molecule has 0 spiro atoms. The third-order valence-electron chi connectivity index (χ3n) is 3.85. The minimum absolute atomic E-state index is 0.0264. The van der Waals surface area contributed by atoms with Gasteiger partial charge in [-0.25, -0.2) is 14.2 Å². The Morgan fingerprint density at radius 3 is 2.68 bits per heavy atom. The molecule has 0 atom stereocenters. The Kier molecular flexibility index (Phi) is 4.34. The van der Waals surface area contributed by atoms with Crippen LogP contribution >= 0.6 is 11.6 Å². The van der Waals surface area contributed by atoms with E-state index in [0.29, 0.717) is 11.3 Å². The zero-order valence-corrected chi connectivity index (χ0v) is 14.3. The van der Waals surface area contributed by atoms with Gasteiger partial charge in [0.2, 0.25) is 5.88 Å². The maximum atomic E-state index is 13.6. The van der Waals surface area contributed by atoms with Crippen LogP contribution in [0.1, 0.15) is 47.1 Å². The number of hydrogen-bond donors (Lipinski definition) is 2. The summed E-state index contributed by atoms with van der Waals surface area (Å²) in [7, 11) is 0. The fraction of sp³-hybridized carbons (Fsp3) is 0.235. The maximum Gasteiger partial charge on any atom is 0.355 e. The van der Waals surface area contributed by atoms with Crippen LogP contribution in [0.25, 0.3) is 5.65 Å². The van der Waals surface area contributed by atoms with Gasteiger partial charge in [0.25, 0.3) is 0 Å². The zero-order chi connectivity index (χ0) is 18.3. The number of fused-ring (bicyclic) bond motifs is 1. The molecule has 2 N–H and O–H groups in total. The molecule has 3 aromatic rings. The van der Waals surface area contributed by atoms with Gasteiger partial charge < -0.3 is 10.2 Å². The predicted molar refractivity (Wildman–Crippen MR) is 89.9 cm³/mol. The normalized spacial score (nSPS) is 11.4. The molecule has 0 aliphatic rings. The standard InChI is InChI=1S/C17H15ClFN3O3/c1-8(2)13-7-14-20-15(17(24)25)10(16(23)22(14)21-13)5-9-3-4-11(18)12(19)6-9/h3-4,6-8,23H,5H2,1-2H3,(H,24,25). The highest BCUT2D eigenvalue weighted by molar-refractivity contribution is 6.30. The SMILES string of the molecule is CC(C)c1cc2nc(C(=O)O)c(Cc3ccc(Cl)c(F)c3)c(O)n2n1. The Bertz CT molecular complexity index is 985. The van der Waals surface area contributed by atoms with Crippen molar-refractivity contribution in [1.82, 2.24) is 14.6 Å². The Morgan fingerprint density at radius 1 is 1.36 bits per heavy atom. The second-order valence-corrected chi connectivity index (χ2v) is 6.39. The number of carboxylic acids is 1. The second kappa shape index (κ2) is 6.33. The van der Waals surface area contributed by atoms with Crippen LogP contribution in [-0.2, 0) is 6.42 Å². The zero-order valence-electron chi connectivity index (χ0n) is 13.5.